The van der Waals surface area contributed by atoms with Crippen molar-refractivity contribution in [1.29, 1.82) is 0 Å². The lowest BCUT2D eigenvalue weighted by molar-refractivity contribution is -0.385. The van der Waals surface area contributed by atoms with E-state index in [1.165, 1.54) is 29.3 Å². The number of amides is 1. The zero-order chi connectivity index (χ0) is 18.1. The van der Waals surface area contributed by atoms with Crippen molar-refractivity contribution in [3.05, 3.63) is 69.3 Å². The highest BCUT2D eigenvalue weighted by Gasteiger charge is 2.28. The largest absolute Gasteiger partial charge is 0.502 e. The molecule has 2 aromatic carbocycles. The van der Waals surface area contributed by atoms with Crippen LogP contribution in [0.25, 0.3) is 6.08 Å². The molecule has 7 nitrogen and oxygen atoms in total. The van der Waals surface area contributed by atoms with Crippen molar-refractivity contribution in [3.63, 3.8) is 0 Å². The zero-order valence-electron chi connectivity index (χ0n) is 13.6. The number of anilines is 1. The predicted octanol–water partition coefficient (Wildman–Crippen LogP) is 3.41. The second-order valence-corrected chi connectivity index (χ2v) is 5.70. The summed E-state index contributed by atoms with van der Waals surface area (Å²) in [5, 5.41) is 26.0. The lowest BCUT2D eigenvalue weighted by Gasteiger charge is -2.11. The summed E-state index contributed by atoms with van der Waals surface area (Å²) in [6.07, 6.45) is 1.53. The van der Waals surface area contributed by atoms with Gasteiger partial charge in [-0.05, 0) is 43.7 Å². The zero-order valence-corrected chi connectivity index (χ0v) is 13.6. The van der Waals surface area contributed by atoms with Crippen LogP contribution in [0, 0.1) is 17.0 Å². The molecule has 0 spiro atoms. The first-order valence-electron chi connectivity index (χ1n) is 7.52. The Hall–Kier alpha value is -3.48. The van der Waals surface area contributed by atoms with E-state index in [-0.39, 0.29) is 5.91 Å². The fourth-order valence-corrected chi connectivity index (χ4v) is 2.49. The summed E-state index contributed by atoms with van der Waals surface area (Å²) >= 11 is 0. The van der Waals surface area contributed by atoms with Crippen LogP contribution in [0.4, 0.5) is 11.4 Å². The van der Waals surface area contributed by atoms with Crippen molar-refractivity contribution < 1.29 is 14.8 Å². The van der Waals surface area contributed by atoms with E-state index in [1.54, 1.807) is 19.1 Å². The third kappa shape index (κ3) is 3.12. The normalized spacial score (nSPS) is 15.6. The maximum absolute atomic E-state index is 12.7. The van der Waals surface area contributed by atoms with Gasteiger partial charge in [-0.15, -0.1) is 0 Å². The van der Waals surface area contributed by atoms with Crippen LogP contribution in [0.3, 0.4) is 0 Å². The molecule has 0 bridgehead atoms. The van der Waals surface area contributed by atoms with Crippen LogP contribution < -0.4 is 5.01 Å². The van der Waals surface area contributed by atoms with E-state index >= 15 is 0 Å². The van der Waals surface area contributed by atoms with Gasteiger partial charge >= 0.3 is 5.69 Å². The van der Waals surface area contributed by atoms with Gasteiger partial charge in [0.25, 0.3) is 5.91 Å². The Kier molecular flexibility index (Phi) is 4.06. The van der Waals surface area contributed by atoms with Gasteiger partial charge in [0.05, 0.1) is 21.9 Å². The molecule has 1 N–H and O–H groups in total. The number of aromatic hydroxyl groups is 1. The average Bonchev–Trinajstić information content (AvgIpc) is 2.85. The van der Waals surface area contributed by atoms with E-state index in [9.17, 15) is 20.0 Å². The molecule has 0 saturated carbocycles. The smallest absolute Gasteiger partial charge is 0.311 e. The number of carbonyl (C=O) groups excluding carboxylic acids is 1. The third-order valence-electron chi connectivity index (χ3n) is 3.85. The Morgan fingerprint density at radius 1 is 1.16 bits per heavy atom. The summed E-state index contributed by atoms with van der Waals surface area (Å²) in [6, 6.07) is 11.3. The van der Waals surface area contributed by atoms with Gasteiger partial charge in [0.1, 0.15) is 0 Å². The molecule has 7 heteroatoms. The second kappa shape index (κ2) is 6.20. The molecular formula is C18H15N3O4. The molecule has 1 aliphatic rings. The Balaban J connectivity index is 1.96. The molecule has 1 amide bonds. The number of nitro benzene ring substituents is 1. The SMILES string of the molecule is CC1=NN(c2ccc(C)cc2)C(=O)/C1=C/c1ccc(O)c([N+](=O)[O-])c1. The van der Waals surface area contributed by atoms with Crippen LogP contribution in [-0.4, -0.2) is 21.6 Å². The van der Waals surface area contributed by atoms with Crippen molar-refractivity contribution in [2.75, 3.05) is 5.01 Å². The summed E-state index contributed by atoms with van der Waals surface area (Å²) in [5.74, 6) is -0.728. The minimum Gasteiger partial charge on any atom is -0.502 e. The summed E-state index contributed by atoms with van der Waals surface area (Å²) in [7, 11) is 0. The molecule has 126 valence electrons. The molecule has 0 aromatic heterocycles. The molecule has 0 radical (unpaired) electrons. The van der Waals surface area contributed by atoms with Crippen molar-refractivity contribution in [3.8, 4) is 5.75 Å². The lowest BCUT2D eigenvalue weighted by Crippen LogP contribution is -2.21. The Morgan fingerprint density at radius 2 is 1.84 bits per heavy atom. The quantitative estimate of drug-likeness (QED) is 0.527. The first-order valence-corrected chi connectivity index (χ1v) is 7.52. The van der Waals surface area contributed by atoms with Crippen LogP contribution in [0.15, 0.2) is 53.1 Å². The standard InChI is InChI=1S/C18H15N3O4/c1-11-3-6-14(7-4-11)20-18(23)15(12(2)19-20)9-13-5-8-17(22)16(10-13)21(24)25/h3-10,22H,1-2H3/b15-9+. The van der Waals surface area contributed by atoms with Gasteiger partial charge in [-0.1, -0.05) is 23.8 Å². The molecule has 0 unspecified atom stereocenters. The molecule has 0 fully saturated rings. The molecule has 1 heterocycles. The van der Waals surface area contributed by atoms with E-state index in [4.69, 9.17) is 0 Å². The van der Waals surface area contributed by atoms with Gasteiger partial charge in [-0.25, -0.2) is 0 Å². The number of hydrazone groups is 1. The van der Waals surface area contributed by atoms with Crippen molar-refractivity contribution in [1.82, 2.24) is 0 Å². The van der Waals surface area contributed by atoms with Gasteiger partial charge in [-0.3, -0.25) is 14.9 Å². The van der Waals surface area contributed by atoms with Crippen LogP contribution in [0.1, 0.15) is 18.1 Å². The van der Waals surface area contributed by atoms with Gasteiger partial charge in [0.2, 0.25) is 0 Å². The number of carbonyl (C=O) groups is 1. The first kappa shape index (κ1) is 16.4. The minimum atomic E-state index is -0.673. The van der Waals surface area contributed by atoms with Crippen LogP contribution in [0.2, 0.25) is 0 Å². The number of hydrogen-bond acceptors (Lipinski definition) is 5. The maximum atomic E-state index is 12.7. The first-order chi connectivity index (χ1) is 11.9. The number of aryl methyl sites for hydroxylation is 1. The number of nitro groups is 1. The highest BCUT2D eigenvalue weighted by molar-refractivity contribution is 6.32. The monoisotopic (exact) mass is 337 g/mol. The third-order valence-corrected chi connectivity index (χ3v) is 3.85. The summed E-state index contributed by atoms with van der Waals surface area (Å²) in [4.78, 5) is 22.9. The number of phenols is 1. The summed E-state index contributed by atoms with van der Waals surface area (Å²) in [6.45, 7) is 3.65. The molecule has 0 aliphatic carbocycles. The number of rotatable bonds is 3. The predicted molar refractivity (Wildman–Crippen MR) is 94.5 cm³/mol. The highest BCUT2D eigenvalue weighted by Crippen LogP contribution is 2.29. The van der Waals surface area contributed by atoms with Crippen molar-refractivity contribution >= 4 is 29.1 Å². The van der Waals surface area contributed by atoms with Gasteiger partial charge in [-0.2, -0.15) is 10.1 Å². The number of phenolic OH excluding ortho intramolecular Hbond substituents is 1. The van der Waals surface area contributed by atoms with Crippen LogP contribution in [-0.2, 0) is 4.79 Å². The van der Waals surface area contributed by atoms with E-state index in [0.29, 0.717) is 22.5 Å². The minimum absolute atomic E-state index is 0.308. The van der Waals surface area contributed by atoms with E-state index in [1.807, 2.05) is 19.1 Å². The molecular weight excluding hydrogens is 322 g/mol. The van der Waals surface area contributed by atoms with Gasteiger partial charge < -0.3 is 5.11 Å². The number of benzene rings is 2. The number of nitrogens with zero attached hydrogens (tertiary/aromatic N) is 3. The van der Waals surface area contributed by atoms with E-state index in [0.717, 1.165) is 5.56 Å². The van der Waals surface area contributed by atoms with Crippen LogP contribution >= 0.6 is 0 Å². The Bertz CT molecular complexity index is 930. The number of hydrogen-bond donors (Lipinski definition) is 1. The molecule has 0 atom stereocenters. The lowest BCUT2D eigenvalue weighted by atomic mass is 10.1. The van der Waals surface area contributed by atoms with Gasteiger partial charge in [0, 0.05) is 6.07 Å². The fraction of sp³-hybridized carbons (Fsp3) is 0.111. The fourth-order valence-electron chi connectivity index (χ4n) is 2.49. The second-order valence-electron chi connectivity index (χ2n) is 5.70. The van der Waals surface area contributed by atoms with E-state index in [2.05, 4.69) is 5.10 Å². The summed E-state index contributed by atoms with van der Waals surface area (Å²) in [5.41, 5.74) is 2.61. The highest BCUT2D eigenvalue weighted by atomic mass is 16.6. The topological polar surface area (TPSA) is 96.0 Å². The molecule has 25 heavy (non-hydrogen) atoms. The van der Waals surface area contributed by atoms with Gasteiger partial charge in [0.15, 0.2) is 5.75 Å². The Morgan fingerprint density at radius 3 is 2.48 bits per heavy atom. The molecule has 1 aliphatic heterocycles. The average molecular weight is 337 g/mol. The molecule has 3 rings (SSSR count). The van der Waals surface area contributed by atoms with Crippen molar-refractivity contribution in [2.45, 2.75) is 13.8 Å². The van der Waals surface area contributed by atoms with Crippen LogP contribution in [0.5, 0.6) is 5.75 Å². The van der Waals surface area contributed by atoms with Crippen molar-refractivity contribution in [2.24, 2.45) is 5.10 Å². The van der Waals surface area contributed by atoms with E-state index < -0.39 is 16.4 Å². The Labute approximate surface area is 143 Å². The molecule has 2 aromatic rings. The maximum Gasteiger partial charge on any atom is 0.311 e. The summed E-state index contributed by atoms with van der Waals surface area (Å²) < 4.78 is 0. The molecule has 0 saturated heterocycles.